The van der Waals surface area contributed by atoms with Crippen LogP contribution in [0.3, 0.4) is 0 Å². The summed E-state index contributed by atoms with van der Waals surface area (Å²) in [5, 5.41) is 0. The van der Waals surface area contributed by atoms with Gasteiger partial charge in [-0.05, 0) is 12.1 Å². The molecule has 1 aliphatic heterocycles. The van der Waals surface area contributed by atoms with E-state index in [9.17, 15) is 13.2 Å². The van der Waals surface area contributed by atoms with Crippen LogP contribution < -0.4 is 5.73 Å². The minimum Gasteiger partial charge on any atom is -0.388 e. The van der Waals surface area contributed by atoms with Crippen LogP contribution in [0.15, 0.2) is 23.2 Å². The number of carbonyl (C=O) groups excluding carboxylic acids is 1. The molecule has 0 atom stereocenters. The second-order valence-electron chi connectivity index (χ2n) is 4.37. The van der Waals surface area contributed by atoms with E-state index < -0.39 is 10.0 Å². The van der Waals surface area contributed by atoms with Crippen molar-refractivity contribution in [3.8, 4) is 0 Å². The topological polar surface area (TPSA) is 96.6 Å². The van der Waals surface area contributed by atoms with Crippen molar-refractivity contribution in [2.75, 3.05) is 26.7 Å². The molecule has 0 radical (unpaired) electrons. The van der Waals surface area contributed by atoms with E-state index in [0.29, 0.717) is 6.54 Å². The fourth-order valence-corrected chi connectivity index (χ4v) is 3.63. The van der Waals surface area contributed by atoms with Crippen molar-refractivity contribution in [2.45, 2.75) is 4.90 Å². The Morgan fingerprint density at radius 2 is 2.15 bits per heavy atom. The van der Waals surface area contributed by atoms with Crippen molar-refractivity contribution in [3.63, 3.8) is 0 Å². The van der Waals surface area contributed by atoms with Crippen LogP contribution >= 0.6 is 12.2 Å². The highest BCUT2D eigenvalue weighted by Crippen LogP contribution is 2.20. The number of pyridine rings is 1. The first kappa shape index (κ1) is 14.8. The van der Waals surface area contributed by atoms with Crippen LogP contribution in [0, 0.1) is 0 Å². The summed E-state index contributed by atoms with van der Waals surface area (Å²) in [6.45, 7) is 0.390. The summed E-state index contributed by atoms with van der Waals surface area (Å²) in [5.74, 6) is -0.249. The van der Waals surface area contributed by atoms with E-state index in [1.165, 1.54) is 23.2 Å². The highest BCUT2D eigenvalue weighted by Gasteiger charge is 2.33. The molecule has 2 heterocycles. The largest absolute Gasteiger partial charge is 0.388 e. The van der Waals surface area contributed by atoms with Gasteiger partial charge in [-0.25, -0.2) is 8.42 Å². The third-order valence-electron chi connectivity index (χ3n) is 3.04. The third-order valence-corrected chi connectivity index (χ3v) is 5.11. The van der Waals surface area contributed by atoms with Crippen molar-refractivity contribution >= 4 is 33.1 Å². The van der Waals surface area contributed by atoms with Crippen LogP contribution in [0.25, 0.3) is 0 Å². The number of thiocarbonyl (C=S) groups is 1. The van der Waals surface area contributed by atoms with E-state index in [0.717, 1.165) is 4.31 Å². The zero-order valence-corrected chi connectivity index (χ0v) is 12.4. The van der Waals surface area contributed by atoms with Crippen LogP contribution in [0.4, 0.5) is 0 Å². The number of hydrogen-bond acceptors (Lipinski definition) is 5. The Labute approximate surface area is 122 Å². The number of nitrogens with two attached hydrogens (primary N) is 1. The number of amides is 1. The number of sulfonamides is 1. The van der Waals surface area contributed by atoms with Crippen molar-refractivity contribution in [1.82, 2.24) is 14.2 Å². The maximum Gasteiger partial charge on any atom is 0.245 e. The highest BCUT2D eigenvalue weighted by atomic mass is 32.2. The van der Waals surface area contributed by atoms with Crippen LogP contribution in [-0.4, -0.2) is 60.2 Å². The van der Waals surface area contributed by atoms with Gasteiger partial charge in [-0.2, -0.15) is 4.31 Å². The molecule has 0 aromatic carbocycles. The first-order valence-electron chi connectivity index (χ1n) is 5.83. The van der Waals surface area contributed by atoms with Gasteiger partial charge in [-0.15, -0.1) is 0 Å². The quantitative estimate of drug-likeness (QED) is 0.732. The Morgan fingerprint density at radius 1 is 1.45 bits per heavy atom. The summed E-state index contributed by atoms with van der Waals surface area (Å²) in [4.78, 5) is 16.9. The number of piperazine rings is 1. The van der Waals surface area contributed by atoms with Crippen molar-refractivity contribution < 1.29 is 13.2 Å². The van der Waals surface area contributed by atoms with E-state index in [1.807, 2.05) is 0 Å². The molecule has 1 amide bonds. The monoisotopic (exact) mass is 314 g/mol. The van der Waals surface area contributed by atoms with Gasteiger partial charge in [0.15, 0.2) is 0 Å². The van der Waals surface area contributed by atoms with Gasteiger partial charge in [0.1, 0.15) is 15.6 Å². The van der Waals surface area contributed by atoms with Crippen molar-refractivity contribution in [1.29, 1.82) is 0 Å². The molecule has 2 rings (SSSR count). The zero-order chi connectivity index (χ0) is 14.9. The lowest BCUT2D eigenvalue weighted by Gasteiger charge is -2.31. The van der Waals surface area contributed by atoms with Gasteiger partial charge in [0.25, 0.3) is 0 Å². The number of rotatable bonds is 3. The average Bonchev–Trinajstić information content (AvgIpc) is 2.41. The Balaban J connectivity index is 2.41. The summed E-state index contributed by atoms with van der Waals surface area (Å²) in [6.07, 6.45) is 1.42. The van der Waals surface area contributed by atoms with E-state index in [-0.39, 0.29) is 34.6 Å². The molecule has 108 valence electrons. The molecular weight excluding hydrogens is 300 g/mol. The van der Waals surface area contributed by atoms with Gasteiger partial charge >= 0.3 is 0 Å². The Morgan fingerprint density at radius 3 is 2.75 bits per heavy atom. The fourth-order valence-electron chi connectivity index (χ4n) is 1.86. The molecule has 1 fully saturated rings. The number of hydrogen-bond donors (Lipinski definition) is 1. The molecule has 1 aromatic heterocycles. The van der Waals surface area contributed by atoms with Gasteiger partial charge in [0, 0.05) is 26.3 Å². The van der Waals surface area contributed by atoms with Crippen LogP contribution in [0.1, 0.15) is 5.69 Å². The molecular formula is C11H14N4O3S2. The smallest absolute Gasteiger partial charge is 0.245 e. The minimum atomic E-state index is -3.84. The summed E-state index contributed by atoms with van der Waals surface area (Å²) in [6, 6.07) is 2.88. The van der Waals surface area contributed by atoms with Gasteiger partial charge in [0.2, 0.25) is 15.9 Å². The third kappa shape index (κ3) is 2.65. The molecule has 1 aromatic rings. The second-order valence-corrected chi connectivity index (χ2v) is 6.71. The lowest BCUT2D eigenvalue weighted by molar-refractivity contribution is -0.132. The van der Waals surface area contributed by atoms with Gasteiger partial charge < -0.3 is 10.6 Å². The summed E-state index contributed by atoms with van der Waals surface area (Å²) < 4.78 is 26.2. The van der Waals surface area contributed by atoms with Crippen LogP contribution in [0.5, 0.6) is 0 Å². The maximum atomic E-state index is 12.6. The fraction of sp³-hybridized carbons (Fsp3) is 0.364. The lowest BCUT2D eigenvalue weighted by Crippen LogP contribution is -2.50. The molecule has 9 heteroatoms. The van der Waals surface area contributed by atoms with Gasteiger partial charge in [-0.3, -0.25) is 9.78 Å². The first-order chi connectivity index (χ1) is 9.34. The maximum absolute atomic E-state index is 12.6. The molecule has 0 spiro atoms. The number of aromatic nitrogens is 1. The van der Waals surface area contributed by atoms with Crippen LogP contribution in [-0.2, 0) is 14.8 Å². The Bertz CT molecular complexity index is 659. The standard InChI is InChI=1S/C11H14N4O3S2/c1-14-5-6-15(7-9(14)16)20(17,18)8-3-2-4-13-10(8)11(12)19/h2-4H,5-7H2,1H3,(H2,12,19). The zero-order valence-electron chi connectivity index (χ0n) is 10.8. The molecule has 1 saturated heterocycles. The minimum absolute atomic E-state index is 0.0499. The van der Waals surface area contributed by atoms with Crippen LogP contribution in [0.2, 0.25) is 0 Å². The molecule has 2 N–H and O–H groups in total. The molecule has 1 aliphatic rings. The lowest BCUT2D eigenvalue weighted by atomic mass is 10.3. The summed E-state index contributed by atoms with van der Waals surface area (Å²) in [5.41, 5.74) is 5.55. The van der Waals surface area contributed by atoms with Gasteiger partial charge in [-0.1, -0.05) is 12.2 Å². The predicted molar refractivity (Wildman–Crippen MR) is 76.5 cm³/mol. The molecule has 0 bridgehead atoms. The average molecular weight is 314 g/mol. The second kappa shape index (κ2) is 5.43. The molecule has 0 unspecified atom stereocenters. The molecule has 7 nitrogen and oxygen atoms in total. The Hall–Kier alpha value is -1.58. The first-order valence-corrected chi connectivity index (χ1v) is 7.68. The SMILES string of the molecule is CN1CCN(S(=O)(=O)c2cccnc2C(N)=S)CC1=O. The number of carbonyl (C=O) groups is 1. The van der Waals surface area contributed by atoms with E-state index in [1.54, 1.807) is 7.05 Å². The number of nitrogens with zero attached hydrogens (tertiary/aromatic N) is 3. The number of likely N-dealkylation sites (N-methyl/N-ethyl adjacent to an activating group) is 1. The molecule has 0 saturated carbocycles. The summed E-state index contributed by atoms with van der Waals surface area (Å²) in [7, 11) is -2.20. The van der Waals surface area contributed by atoms with E-state index in [4.69, 9.17) is 18.0 Å². The van der Waals surface area contributed by atoms with Gasteiger partial charge in [0.05, 0.1) is 6.54 Å². The molecule has 20 heavy (non-hydrogen) atoms. The van der Waals surface area contributed by atoms with Crippen molar-refractivity contribution in [2.24, 2.45) is 5.73 Å². The predicted octanol–water partition coefficient (Wildman–Crippen LogP) is -0.821. The highest BCUT2D eigenvalue weighted by molar-refractivity contribution is 7.89. The molecule has 0 aliphatic carbocycles. The van der Waals surface area contributed by atoms with Crippen molar-refractivity contribution in [3.05, 3.63) is 24.0 Å². The van der Waals surface area contributed by atoms with E-state index in [2.05, 4.69) is 4.98 Å². The normalized spacial score (nSPS) is 17.2. The van der Waals surface area contributed by atoms with E-state index >= 15 is 0 Å². The summed E-state index contributed by atoms with van der Waals surface area (Å²) >= 11 is 4.82. The Kier molecular flexibility index (Phi) is 4.02.